The van der Waals surface area contributed by atoms with Gasteiger partial charge >= 0.3 is 0 Å². The molecule has 21 heavy (non-hydrogen) atoms. The average molecular weight is 328 g/mol. The third kappa shape index (κ3) is 3.28. The summed E-state index contributed by atoms with van der Waals surface area (Å²) in [5.41, 5.74) is 5.18. The van der Waals surface area contributed by atoms with E-state index < -0.39 is 15.9 Å². The van der Waals surface area contributed by atoms with Crippen LogP contribution in [0.4, 0.5) is 5.13 Å². The summed E-state index contributed by atoms with van der Waals surface area (Å²) in [5.74, 6) is -0.580. The molecule has 0 aliphatic heterocycles. The van der Waals surface area contributed by atoms with Gasteiger partial charge < -0.3 is 10.5 Å². The van der Waals surface area contributed by atoms with Crippen LogP contribution in [0.1, 0.15) is 15.4 Å². The first-order chi connectivity index (χ1) is 9.83. The number of nitrogens with one attached hydrogen (secondary N) is 1. The third-order valence-corrected chi connectivity index (χ3v) is 4.71. The predicted octanol–water partition coefficient (Wildman–Crippen LogP) is 0.755. The number of methoxy groups -OCH3 is 1. The van der Waals surface area contributed by atoms with Gasteiger partial charge in [0.25, 0.3) is 15.9 Å². The number of carbonyl (C=O) groups excluding carboxylic acids is 1. The predicted molar refractivity (Wildman–Crippen MR) is 77.0 cm³/mol. The Kier molecular flexibility index (Phi) is 4.09. The first kappa shape index (κ1) is 15.2. The van der Waals surface area contributed by atoms with Gasteiger partial charge in [-0.1, -0.05) is 11.3 Å². The van der Waals surface area contributed by atoms with Crippen molar-refractivity contribution < 1.29 is 17.9 Å². The van der Waals surface area contributed by atoms with Crippen molar-refractivity contribution in [2.45, 2.75) is 11.8 Å². The van der Waals surface area contributed by atoms with E-state index in [9.17, 15) is 13.2 Å². The normalized spacial score (nSPS) is 11.1. The van der Waals surface area contributed by atoms with Crippen LogP contribution < -0.4 is 15.2 Å². The first-order valence-electron chi connectivity index (χ1n) is 5.64. The highest BCUT2D eigenvalue weighted by atomic mass is 32.2. The number of benzene rings is 1. The Balaban J connectivity index is 2.40. The quantitative estimate of drug-likeness (QED) is 0.834. The molecule has 0 atom stereocenters. The number of aromatic nitrogens is 2. The van der Waals surface area contributed by atoms with E-state index in [0.717, 1.165) is 17.4 Å². The van der Waals surface area contributed by atoms with Gasteiger partial charge in [0.05, 0.1) is 17.6 Å². The summed E-state index contributed by atoms with van der Waals surface area (Å²) < 4.78 is 31.7. The zero-order chi connectivity index (χ0) is 15.6. The Labute approximate surface area is 125 Å². The van der Waals surface area contributed by atoms with Crippen LogP contribution in [0.5, 0.6) is 5.75 Å². The van der Waals surface area contributed by atoms with Crippen molar-refractivity contribution in [1.29, 1.82) is 0 Å². The van der Waals surface area contributed by atoms with Crippen LogP contribution in [0.2, 0.25) is 0 Å². The van der Waals surface area contributed by atoms with Gasteiger partial charge in [-0.15, -0.1) is 10.2 Å². The van der Waals surface area contributed by atoms with Gasteiger partial charge in [0, 0.05) is 0 Å². The zero-order valence-corrected chi connectivity index (χ0v) is 12.8. The molecule has 0 unspecified atom stereocenters. The second kappa shape index (κ2) is 5.66. The van der Waals surface area contributed by atoms with Crippen molar-refractivity contribution in [3.05, 3.63) is 28.8 Å². The number of primary amides is 1. The van der Waals surface area contributed by atoms with Gasteiger partial charge in [0.2, 0.25) is 5.13 Å². The van der Waals surface area contributed by atoms with Crippen molar-refractivity contribution in [3.63, 3.8) is 0 Å². The van der Waals surface area contributed by atoms with E-state index in [1.807, 2.05) is 0 Å². The van der Waals surface area contributed by atoms with Crippen molar-refractivity contribution in [1.82, 2.24) is 10.2 Å². The van der Waals surface area contributed by atoms with Crippen LogP contribution in [0, 0.1) is 6.92 Å². The summed E-state index contributed by atoms with van der Waals surface area (Å²) in [6.07, 6.45) is 0. The first-order valence-corrected chi connectivity index (χ1v) is 7.94. The van der Waals surface area contributed by atoms with E-state index in [4.69, 9.17) is 10.5 Å². The van der Waals surface area contributed by atoms with Crippen molar-refractivity contribution in [2.24, 2.45) is 5.73 Å². The summed E-state index contributed by atoms with van der Waals surface area (Å²) in [6.45, 7) is 1.70. The van der Waals surface area contributed by atoms with Gasteiger partial charge in [0.15, 0.2) is 0 Å². The van der Waals surface area contributed by atoms with Crippen molar-refractivity contribution in [2.75, 3.05) is 11.8 Å². The molecule has 1 aromatic heterocycles. The minimum atomic E-state index is -3.89. The monoisotopic (exact) mass is 328 g/mol. The highest BCUT2D eigenvalue weighted by Crippen LogP contribution is 2.24. The third-order valence-electron chi connectivity index (χ3n) is 2.49. The molecule has 1 heterocycles. The molecule has 0 aliphatic carbocycles. The molecule has 0 bridgehead atoms. The van der Waals surface area contributed by atoms with E-state index in [-0.39, 0.29) is 21.3 Å². The van der Waals surface area contributed by atoms with E-state index in [1.165, 1.54) is 19.2 Å². The van der Waals surface area contributed by atoms with Crippen LogP contribution in [0.15, 0.2) is 23.1 Å². The summed E-state index contributed by atoms with van der Waals surface area (Å²) >= 11 is 1.10. The second-order valence-electron chi connectivity index (χ2n) is 3.96. The largest absolute Gasteiger partial charge is 0.496 e. The molecule has 8 nitrogen and oxygen atoms in total. The fourth-order valence-corrected chi connectivity index (χ4v) is 3.41. The smallest absolute Gasteiger partial charge is 0.263 e. The minimum Gasteiger partial charge on any atom is -0.496 e. The van der Waals surface area contributed by atoms with E-state index in [0.29, 0.717) is 5.01 Å². The standard InChI is InChI=1S/C11H12N4O4S2/c1-6-13-14-11(20-6)15-21(17,18)7-3-4-9(19-2)8(5-7)10(12)16/h3-5H,1-2H3,(H2,12,16)(H,14,15). The SMILES string of the molecule is COc1ccc(S(=O)(=O)Nc2nnc(C)s2)cc1C(N)=O. The molecule has 10 heteroatoms. The van der Waals surface area contributed by atoms with E-state index in [1.54, 1.807) is 6.92 Å². The number of nitrogens with zero attached hydrogens (tertiary/aromatic N) is 2. The molecule has 0 aliphatic rings. The van der Waals surface area contributed by atoms with Crippen molar-refractivity contribution >= 4 is 32.4 Å². The number of ether oxygens (including phenoxy) is 1. The summed E-state index contributed by atoms with van der Waals surface area (Å²) in [7, 11) is -2.53. The number of carbonyl (C=O) groups is 1. The number of aryl methyl sites for hydroxylation is 1. The van der Waals surface area contributed by atoms with Crippen molar-refractivity contribution in [3.8, 4) is 5.75 Å². The molecule has 0 fully saturated rings. The second-order valence-corrected chi connectivity index (χ2v) is 6.82. The van der Waals surface area contributed by atoms with E-state index >= 15 is 0 Å². The molecular weight excluding hydrogens is 316 g/mol. The number of hydrogen-bond donors (Lipinski definition) is 2. The molecule has 3 N–H and O–H groups in total. The molecule has 1 amide bonds. The van der Waals surface area contributed by atoms with Gasteiger partial charge in [-0.25, -0.2) is 8.42 Å². The van der Waals surface area contributed by atoms with Crippen LogP contribution in [0.3, 0.4) is 0 Å². The number of sulfonamides is 1. The Morgan fingerprint density at radius 1 is 1.38 bits per heavy atom. The van der Waals surface area contributed by atoms with Crippen LogP contribution in [-0.4, -0.2) is 31.6 Å². The van der Waals surface area contributed by atoms with Crippen LogP contribution >= 0.6 is 11.3 Å². The highest BCUT2D eigenvalue weighted by molar-refractivity contribution is 7.93. The van der Waals surface area contributed by atoms with Gasteiger partial charge in [-0.3, -0.25) is 9.52 Å². The molecule has 0 saturated carbocycles. The Bertz CT molecular complexity index is 785. The lowest BCUT2D eigenvalue weighted by Crippen LogP contribution is -2.16. The number of hydrogen-bond acceptors (Lipinski definition) is 7. The number of amides is 1. The average Bonchev–Trinajstić information content (AvgIpc) is 2.82. The molecule has 1 aromatic carbocycles. The number of rotatable bonds is 5. The molecule has 112 valence electrons. The summed E-state index contributed by atoms with van der Waals surface area (Å²) in [4.78, 5) is 11.2. The van der Waals surface area contributed by atoms with Crippen LogP contribution in [-0.2, 0) is 10.0 Å². The molecule has 0 saturated heterocycles. The summed E-state index contributed by atoms with van der Waals surface area (Å²) in [5, 5.41) is 8.16. The molecular formula is C11H12N4O4S2. The fourth-order valence-electron chi connectivity index (χ4n) is 1.56. The fraction of sp³-hybridized carbons (Fsp3) is 0.182. The van der Waals surface area contributed by atoms with Crippen LogP contribution in [0.25, 0.3) is 0 Å². The highest BCUT2D eigenvalue weighted by Gasteiger charge is 2.20. The zero-order valence-electron chi connectivity index (χ0n) is 11.2. The topological polar surface area (TPSA) is 124 Å². The maximum absolute atomic E-state index is 12.2. The Morgan fingerprint density at radius 2 is 2.10 bits per heavy atom. The minimum absolute atomic E-state index is 0.0196. The number of anilines is 1. The Hall–Kier alpha value is -2.20. The Morgan fingerprint density at radius 3 is 2.62 bits per heavy atom. The van der Waals surface area contributed by atoms with Gasteiger partial charge in [0.1, 0.15) is 10.8 Å². The number of nitrogens with two attached hydrogens (primary N) is 1. The van der Waals surface area contributed by atoms with Gasteiger partial charge in [-0.05, 0) is 25.1 Å². The maximum atomic E-state index is 12.2. The molecule has 0 spiro atoms. The lowest BCUT2D eigenvalue weighted by atomic mass is 10.2. The maximum Gasteiger partial charge on any atom is 0.263 e. The van der Waals surface area contributed by atoms with Gasteiger partial charge in [-0.2, -0.15) is 0 Å². The molecule has 2 aromatic rings. The lowest BCUT2D eigenvalue weighted by molar-refractivity contribution is 0.0997. The van der Waals surface area contributed by atoms with E-state index in [2.05, 4.69) is 14.9 Å². The molecule has 2 rings (SSSR count). The molecule has 0 radical (unpaired) electrons. The lowest BCUT2D eigenvalue weighted by Gasteiger charge is -2.09. The summed E-state index contributed by atoms with van der Waals surface area (Å²) in [6, 6.07) is 3.82.